The van der Waals surface area contributed by atoms with E-state index >= 15 is 0 Å². The fraction of sp³-hybridized carbons (Fsp3) is 0.750. The normalized spacial score (nSPS) is 16.9. The first-order chi connectivity index (χ1) is 9.04. The van der Waals surface area contributed by atoms with Crippen LogP contribution in [0.1, 0.15) is 20.3 Å². The number of aromatic nitrogens is 2. The molecule has 0 unspecified atom stereocenters. The second-order valence-electron chi connectivity index (χ2n) is 5.39. The Morgan fingerprint density at radius 2 is 2.16 bits per heavy atom. The standard InChI is InChI=1S/C12H21N5O2/c1-10(2)8-11(18)13-12-9-17(14-19-12)16-6-4-15(3)5-7-16/h9-10H,4-8H2,1-3H3/p+1. The molecular weight excluding hydrogens is 246 g/mol. The zero-order chi connectivity index (χ0) is 13.8. The average Bonchev–Trinajstić information content (AvgIpc) is 2.77. The molecular formula is C12H22N5O2+. The maximum atomic E-state index is 11.6. The average molecular weight is 268 g/mol. The van der Waals surface area contributed by atoms with Gasteiger partial charge in [-0.3, -0.25) is 14.6 Å². The first kappa shape index (κ1) is 13.8. The van der Waals surface area contributed by atoms with Gasteiger partial charge in [-0.25, -0.2) is 0 Å². The Morgan fingerprint density at radius 3 is 2.79 bits per heavy atom. The summed E-state index contributed by atoms with van der Waals surface area (Å²) in [5.41, 5.74) is 0. The van der Waals surface area contributed by atoms with E-state index in [0.717, 1.165) is 26.2 Å². The molecule has 1 amide bonds. The molecule has 0 spiro atoms. The highest BCUT2D eigenvalue weighted by Gasteiger charge is 2.24. The highest BCUT2D eigenvalue weighted by Crippen LogP contribution is 2.05. The van der Waals surface area contributed by atoms with Gasteiger partial charge in [0.2, 0.25) is 11.2 Å². The van der Waals surface area contributed by atoms with Gasteiger partial charge in [-0.15, -0.1) is 0 Å². The fourth-order valence-corrected chi connectivity index (χ4v) is 1.99. The van der Waals surface area contributed by atoms with Gasteiger partial charge in [-0.2, -0.15) is 5.01 Å². The van der Waals surface area contributed by atoms with Crippen LogP contribution in [0.5, 0.6) is 0 Å². The lowest BCUT2D eigenvalue weighted by Crippen LogP contribution is -2.64. The Hall–Kier alpha value is -1.63. The van der Waals surface area contributed by atoms with Crippen molar-refractivity contribution in [3.63, 3.8) is 0 Å². The van der Waals surface area contributed by atoms with E-state index in [4.69, 9.17) is 4.52 Å². The van der Waals surface area contributed by atoms with Gasteiger partial charge >= 0.3 is 5.88 Å². The molecule has 1 aliphatic rings. The number of nitrogens with one attached hydrogen (secondary N) is 1. The number of likely N-dealkylation sites (N-methyl/N-ethyl adjacent to an activating group) is 1. The molecule has 1 fully saturated rings. The molecule has 19 heavy (non-hydrogen) atoms. The van der Waals surface area contributed by atoms with Crippen LogP contribution in [-0.2, 0) is 4.79 Å². The minimum absolute atomic E-state index is 0.0447. The number of nitrogens with zero attached hydrogens (tertiary/aromatic N) is 4. The number of anilines is 1. The summed E-state index contributed by atoms with van der Waals surface area (Å²) in [6.07, 6.45) is 2.19. The molecule has 0 aliphatic carbocycles. The topological polar surface area (TPSA) is 65.5 Å². The summed E-state index contributed by atoms with van der Waals surface area (Å²) in [5, 5.41) is 8.73. The minimum atomic E-state index is -0.0447. The summed E-state index contributed by atoms with van der Waals surface area (Å²) in [6.45, 7) is 7.79. The Kier molecular flexibility index (Phi) is 4.36. The van der Waals surface area contributed by atoms with Crippen LogP contribution in [0.2, 0.25) is 0 Å². The van der Waals surface area contributed by atoms with Gasteiger partial charge in [0.1, 0.15) is 0 Å². The number of amides is 1. The van der Waals surface area contributed by atoms with E-state index in [0.29, 0.717) is 18.2 Å². The summed E-state index contributed by atoms with van der Waals surface area (Å²) in [4.78, 5) is 15.6. The van der Waals surface area contributed by atoms with Crippen molar-refractivity contribution in [2.75, 3.05) is 43.6 Å². The van der Waals surface area contributed by atoms with Crippen LogP contribution in [0.15, 0.2) is 10.7 Å². The van der Waals surface area contributed by atoms with Crippen molar-refractivity contribution in [2.45, 2.75) is 20.3 Å². The highest BCUT2D eigenvalue weighted by atomic mass is 16.5. The molecule has 0 radical (unpaired) electrons. The van der Waals surface area contributed by atoms with Crippen molar-refractivity contribution in [1.29, 1.82) is 0 Å². The lowest BCUT2D eigenvalue weighted by Gasteiger charge is -2.26. The fourth-order valence-electron chi connectivity index (χ4n) is 1.99. The van der Waals surface area contributed by atoms with Crippen LogP contribution in [-0.4, -0.2) is 49.3 Å². The quantitative estimate of drug-likeness (QED) is 0.768. The number of rotatable bonds is 4. The van der Waals surface area contributed by atoms with Crippen LogP contribution >= 0.6 is 0 Å². The van der Waals surface area contributed by atoms with Crippen LogP contribution in [0.25, 0.3) is 0 Å². The number of hydrogen-bond acceptors (Lipinski definition) is 5. The molecule has 7 heteroatoms. The van der Waals surface area contributed by atoms with E-state index < -0.39 is 0 Å². The van der Waals surface area contributed by atoms with Gasteiger partial charge in [0, 0.05) is 19.5 Å². The molecule has 0 aromatic carbocycles. The van der Waals surface area contributed by atoms with E-state index in [-0.39, 0.29) is 5.91 Å². The minimum Gasteiger partial charge on any atom is -0.302 e. The van der Waals surface area contributed by atoms with Crippen molar-refractivity contribution in [3.8, 4) is 0 Å². The molecule has 1 aliphatic heterocycles. The van der Waals surface area contributed by atoms with E-state index in [1.165, 1.54) is 0 Å². The van der Waals surface area contributed by atoms with E-state index in [1.807, 2.05) is 13.8 Å². The zero-order valence-electron chi connectivity index (χ0n) is 11.8. The highest BCUT2D eigenvalue weighted by molar-refractivity contribution is 5.89. The molecule has 2 rings (SSSR count). The summed E-state index contributed by atoms with van der Waals surface area (Å²) in [6, 6.07) is 0. The van der Waals surface area contributed by atoms with Crippen molar-refractivity contribution >= 4 is 11.8 Å². The number of carbonyl (C=O) groups is 1. The third-order valence-corrected chi connectivity index (χ3v) is 3.08. The third kappa shape index (κ3) is 3.92. The molecule has 0 saturated carbocycles. The summed E-state index contributed by atoms with van der Waals surface area (Å²) < 4.78 is 5.12. The monoisotopic (exact) mass is 268 g/mol. The second kappa shape index (κ2) is 6.01. The first-order valence-electron chi connectivity index (χ1n) is 6.67. The molecule has 1 aromatic rings. The van der Waals surface area contributed by atoms with E-state index in [2.05, 4.69) is 27.5 Å². The lowest BCUT2D eigenvalue weighted by atomic mass is 10.1. The maximum absolute atomic E-state index is 11.6. The van der Waals surface area contributed by atoms with Crippen molar-refractivity contribution in [3.05, 3.63) is 6.20 Å². The van der Waals surface area contributed by atoms with Gasteiger partial charge in [-0.1, -0.05) is 13.8 Å². The van der Waals surface area contributed by atoms with Gasteiger partial charge in [0.05, 0.1) is 17.9 Å². The number of hydrogen-bond donors (Lipinski definition) is 1. The maximum Gasteiger partial charge on any atom is 0.305 e. The molecule has 1 N–H and O–H groups in total. The summed E-state index contributed by atoms with van der Waals surface area (Å²) >= 11 is 0. The predicted molar refractivity (Wildman–Crippen MR) is 70.2 cm³/mol. The van der Waals surface area contributed by atoms with Gasteiger partial charge < -0.3 is 4.90 Å². The Bertz CT molecular complexity index is 424. The van der Waals surface area contributed by atoms with Crippen molar-refractivity contribution < 1.29 is 14.1 Å². The summed E-state index contributed by atoms with van der Waals surface area (Å²) in [5.74, 6) is 0.675. The van der Waals surface area contributed by atoms with Crippen molar-refractivity contribution in [2.24, 2.45) is 5.92 Å². The molecule has 1 saturated heterocycles. The molecule has 2 heterocycles. The first-order valence-corrected chi connectivity index (χ1v) is 6.67. The van der Waals surface area contributed by atoms with Crippen LogP contribution in [0, 0.1) is 5.92 Å². The Morgan fingerprint density at radius 1 is 1.47 bits per heavy atom. The molecule has 0 atom stereocenters. The predicted octanol–water partition coefficient (Wildman–Crippen LogP) is -0.170. The van der Waals surface area contributed by atoms with Crippen LogP contribution in [0.3, 0.4) is 0 Å². The number of piperazine rings is 1. The Labute approximate surface area is 113 Å². The Balaban J connectivity index is 1.90. The molecule has 0 bridgehead atoms. The number of carbonyl (C=O) groups excluding carboxylic acids is 1. The van der Waals surface area contributed by atoms with E-state index in [1.54, 1.807) is 11.0 Å². The third-order valence-electron chi connectivity index (χ3n) is 3.08. The van der Waals surface area contributed by atoms with Crippen molar-refractivity contribution in [1.82, 2.24) is 10.2 Å². The molecule has 1 aromatic heterocycles. The molecule has 106 valence electrons. The van der Waals surface area contributed by atoms with Crippen LogP contribution < -0.4 is 15.1 Å². The van der Waals surface area contributed by atoms with Gasteiger partial charge in [0.15, 0.2) is 0 Å². The SMILES string of the molecule is CC(C)CC(=O)Nc1c[n+](N2CCN(C)CC2)no1. The summed E-state index contributed by atoms with van der Waals surface area (Å²) in [7, 11) is 2.10. The second-order valence-corrected chi connectivity index (χ2v) is 5.39. The molecule has 7 nitrogen and oxygen atoms in total. The van der Waals surface area contributed by atoms with Crippen LogP contribution in [0.4, 0.5) is 5.88 Å². The zero-order valence-corrected chi connectivity index (χ0v) is 11.8. The smallest absolute Gasteiger partial charge is 0.302 e. The largest absolute Gasteiger partial charge is 0.305 e. The van der Waals surface area contributed by atoms with Gasteiger partial charge in [-0.05, 0) is 13.0 Å². The lowest BCUT2D eigenvalue weighted by molar-refractivity contribution is -0.759. The van der Waals surface area contributed by atoms with E-state index in [9.17, 15) is 4.79 Å². The van der Waals surface area contributed by atoms with Gasteiger partial charge in [0.25, 0.3) is 6.20 Å².